The van der Waals surface area contributed by atoms with Crippen molar-refractivity contribution in [1.82, 2.24) is 4.98 Å². The van der Waals surface area contributed by atoms with Crippen molar-refractivity contribution in [3.63, 3.8) is 0 Å². The van der Waals surface area contributed by atoms with Gasteiger partial charge in [0.2, 0.25) is 0 Å². The maximum absolute atomic E-state index is 12.5. The number of nitrogens with two attached hydrogens (primary N) is 1. The van der Waals surface area contributed by atoms with Gasteiger partial charge in [-0.25, -0.2) is 13.4 Å². The second kappa shape index (κ2) is 5.01. The molecular weight excluding hydrogens is 306 g/mol. The minimum absolute atomic E-state index is 0.146. The molecule has 21 heavy (non-hydrogen) atoms. The van der Waals surface area contributed by atoms with E-state index in [1.807, 2.05) is 36.4 Å². The summed E-state index contributed by atoms with van der Waals surface area (Å²) in [6.45, 7) is 1.63. The van der Waals surface area contributed by atoms with Crippen LogP contribution < -0.4 is 10.5 Å². The van der Waals surface area contributed by atoms with Crippen LogP contribution in [0.15, 0.2) is 46.7 Å². The van der Waals surface area contributed by atoms with E-state index in [1.54, 1.807) is 13.0 Å². The molecule has 0 fully saturated rings. The van der Waals surface area contributed by atoms with Crippen molar-refractivity contribution in [2.45, 2.75) is 11.1 Å². The van der Waals surface area contributed by atoms with E-state index in [9.17, 15) is 8.42 Å². The number of anilines is 2. The van der Waals surface area contributed by atoms with Crippen molar-refractivity contribution in [2.75, 3.05) is 10.5 Å². The van der Waals surface area contributed by atoms with E-state index in [2.05, 4.69) is 9.71 Å². The van der Waals surface area contributed by atoms with E-state index >= 15 is 0 Å². The van der Waals surface area contributed by atoms with Crippen molar-refractivity contribution in [3.8, 4) is 0 Å². The number of nitrogens with zero attached hydrogens (tertiary/aromatic N) is 1. The van der Waals surface area contributed by atoms with E-state index < -0.39 is 10.0 Å². The van der Waals surface area contributed by atoms with E-state index in [4.69, 9.17) is 5.73 Å². The van der Waals surface area contributed by atoms with Crippen molar-refractivity contribution in [3.05, 3.63) is 48.2 Å². The number of rotatable bonds is 3. The fraction of sp³-hybridized carbons (Fsp3) is 0.0714. The van der Waals surface area contributed by atoms with Crippen LogP contribution in [-0.2, 0) is 10.0 Å². The monoisotopic (exact) mass is 319 g/mol. The van der Waals surface area contributed by atoms with Gasteiger partial charge in [-0.3, -0.25) is 4.72 Å². The predicted octanol–water partition coefficient (Wildman–Crippen LogP) is 2.99. The highest BCUT2D eigenvalue weighted by atomic mass is 32.2. The first-order valence-electron chi connectivity index (χ1n) is 6.21. The SMILES string of the molecule is Cc1nc(N)sc1S(=O)(=O)Nc1cccc2ccccc12. The summed E-state index contributed by atoms with van der Waals surface area (Å²) in [5, 5.41) is 2.06. The summed E-state index contributed by atoms with van der Waals surface area (Å²) < 4.78 is 27.7. The third-order valence-electron chi connectivity index (χ3n) is 3.05. The first kappa shape index (κ1) is 13.8. The zero-order chi connectivity index (χ0) is 15.0. The summed E-state index contributed by atoms with van der Waals surface area (Å²) in [5.41, 5.74) is 6.52. The predicted molar refractivity (Wildman–Crippen MR) is 86.0 cm³/mol. The Bertz CT molecular complexity index is 912. The second-order valence-electron chi connectivity index (χ2n) is 4.56. The highest BCUT2D eigenvalue weighted by molar-refractivity contribution is 7.94. The van der Waals surface area contributed by atoms with Crippen LogP contribution >= 0.6 is 11.3 Å². The second-order valence-corrected chi connectivity index (χ2v) is 7.47. The Labute approximate surface area is 126 Å². The molecule has 1 heterocycles. The number of hydrogen-bond acceptors (Lipinski definition) is 5. The molecule has 0 aliphatic heterocycles. The lowest BCUT2D eigenvalue weighted by Crippen LogP contribution is -2.12. The maximum Gasteiger partial charge on any atom is 0.273 e. The lowest BCUT2D eigenvalue weighted by molar-refractivity contribution is 0.602. The number of nitrogens with one attached hydrogen (secondary N) is 1. The highest BCUT2D eigenvalue weighted by Gasteiger charge is 2.21. The Morgan fingerprint density at radius 3 is 2.57 bits per heavy atom. The molecule has 1 aromatic heterocycles. The first-order valence-corrected chi connectivity index (χ1v) is 8.51. The summed E-state index contributed by atoms with van der Waals surface area (Å²) in [6.07, 6.45) is 0. The Morgan fingerprint density at radius 2 is 1.86 bits per heavy atom. The molecule has 7 heteroatoms. The molecule has 0 bridgehead atoms. The smallest absolute Gasteiger partial charge is 0.273 e. The summed E-state index contributed by atoms with van der Waals surface area (Å²) in [6, 6.07) is 13.1. The fourth-order valence-corrected chi connectivity index (χ4v) is 4.54. The average Bonchev–Trinajstić information content (AvgIpc) is 2.79. The van der Waals surface area contributed by atoms with Crippen LogP contribution in [0.1, 0.15) is 5.69 Å². The molecule has 2 aromatic carbocycles. The molecule has 0 radical (unpaired) electrons. The molecule has 3 N–H and O–H groups in total. The van der Waals surface area contributed by atoms with Gasteiger partial charge in [0, 0.05) is 5.39 Å². The maximum atomic E-state index is 12.5. The van der Waals surface area contributed by atoms with Crippen LogP contribution in [0.5, 0.6) is 0 Å². The highest BCUT2D eigenvalue weighted by Crippen LogP contribution is 2.29. The third kappa shape index (κ3) is 2.57. The normalized spacial score (nSPS) is 11.7. The molecule has 0 aliphatic rings. The zero-order valence-electron chi connectivity index (χ0n) is 11.2. The van der Waals surface area contributed by atoms with Crippen LogP contribution in [0.3, 0.4) is 0 Å². The van der Waals surface area contributed by atoms with Gasteiger partial charge in [-0.05, 0) is 18.4 Å². The van der Waals surface area contributed by atoms with Crippen LogP contribution in [0.25, 0.3) is 10.8 Å². The van der Waals surface area contributed by atoms with Crippen LogP contribution in [-0.4, -0.2) is 13.4 Å². The molecule has 0 amide bonds. The molecule has 5 nitrogen and oxygen atoms in total. The number of aromatic nitrogens is 1. The Hall–Kier alpha value is -2.12. The van der Waals surface area contributed by atoms with E-state index in [1.165, 1.54) is 0 Å². The van der Waals surface area contributed by atoms with Crippen molar-refractivity contribution >= 4 is 43.0 Å². The van der Waals surface area contributed by atoms with Gasteiger partial charge in [-0.2, -0.15) is 0 Å². The van der Waals surface area contributed by atoms with Crippen molar-refractivity contribution in [1.29, 1.82) is 0 Å². The minimum atomic E-state index is -3.69. The fourth-order valence-electron chi connectivity index (χ4n) is 2.16. The standard InChI is InChI=1S/C14H13N3O2S2/c1-9-13(20-14(15)16-9)21(18,19)17-12-8-4-6-10-5-2-3-7-11(10)12/h2-8,17H,1H3,(H2,15,16). The van der Waals surface area contributed by atoms with Gasteiger partial charge >= 0.3 is 0 Å². The largest absolute Gasteiger partial charge is 0.375 e. The summed E-state index contributed by atoms with van der Waals surface area (Å²) in [4.78, 5) is 3.96. The zero-order valence-corrected chi connectivity index (χ0v) is 12.8. The minimum Gasteiger partial charge on any atom is -0.375 e. The molecule has 3 aromatic rings. The lowest BCUT2D eigenvalue weighted by atomic mass is 10.1. The molecule has 0 unspecified atom stereocenters. The van der Waals surface area contributed by atoms with Crippen LogP contribution in [0.2, 0.25) is 0 Å². The number of thiazole rings is 1. The van der Waals surface area contributed by atoms with Crippen LogP contribution in [0.4, 0.5) is 10.8 Å². The molecule has 0 spiro atoms. The van der Waals surface area contributed by atoms with E-state index in [0.29, 0.717) is 11.4 Å². The van der Waals surface area contributed by atoms with Gasteiger partial charge in [0.25, 0.3) is 10.0 Å². The van der Waals surface area contributed by atoms with Crippen molar-refractivity contribution < 1.29 is 8.42 Å². The molecular formula is C14H13N3O2S2. The van der Waals surface area contributed by atoms with Gasteiger partial charge < -0.3 is 5.73 Å². The van der Waals surface area contributed by atoms with E-state index in [0.717, 1.165) is 22.1 Å². The third-order valence-corrected chi connectivity index (χ3v) is 6.01. The number of sulfonamides is 1. The van der Waals surface area contributed by atoms with Crippen molar-refractivity contribution in [2.24, 2.45) is 0 Å². The number of aryl methyl sites for hydroxylation is 1. The average molecular weight is 319 g/mol. The number of nitrogen functional groups attached to an aromatic ring is 1. The topological polar surface area (TPSA) is 85.1 Å². The van der Waals surface area contributed by atoms with Crippen LogP contribution in [0, 0.1) is 6.92 Å². The molecule has 108 valence electrons. The first-order chi connectivity index (χ1) is 9.97. The Morgan fingerprint density at radius 1 is 1.14 bits per heavy atom. The summed E-state index contributed by atoms with van der Waals surface area (Å²) >= 11 is 0.962. The molecule has 0 saturated carbocycles. The molecule has 0 aliphatic carbocycles. The molecule has 0 saturated heterocycles. The number of benzene rings is 2. The summed E-state index contributed by atoms with van der Waals surface area (Å²) in [7, 11) is -3.69. The van der Waals surface area contributed by atoms with Gasteiger partial charge in [0.05, 0.1) is 11.4 Å². The quantitative estimate of drug-likeness (QED) is 0.777. The number of hydrogen-bond donors (Lipinski definition) is 2. The van der Waals surface area contributed by atoms with E-state index in [-0.39, 0.29) is 9.34 Å². The molecule has 0 atom stereocenters. The van der Waals surface area contributed by atoms with Gasteiger partial charge in [-0.15, -0.1) is 0 Å². The Kier molecular flexibility index (Phi) is 3.30. The van der Waals surface area contributed by atoms with Gasteiger partial charge in [-0.1, -0.05) is 47.7 Å². The number of fused-ring (bicyclic) bond motifs is 1. The molecule has 3 rings (SSSR count). The summed E-state index contributed by atoms with van der Waals surface area (Å²) in [5.74, 6) is 0. The van der Waals surface area contributed by atoms with Gasteiger partial charge in [0.15, 0.2) is 9.34 Å². The lowest BCUT2D eigenvalue weighted by Gasteiger charge is -2.09. The Balaban J connectivity index is 2.08. The van der Waals surface area contributed by atoms with Gasteiger partial charge in [0.1, 0.15) is 0 Å².